The molecule has 1 aromatic heterocycles. The van der Waals surface area contributed by atoms with Gasteiger partial charge in [-0.3, -0.25) is 4.79 Å². The molecule has 0 aromatic carbocycles. The Hall–Kier alpha value is -0.710. The van der Waals surface area contributed by atoms with E-state index in [1.54, 1.807) is 11.3 Å². The van der Waals surface area contributed by atoms with Crippen LogP contribution in [0.3, 0.4) is 0 Å². The number of ether oxygens (including phenoxy) is 1. The normalized spacial score (nSPS) is 22.1. The van der Waals surface area contributed by atoms with Crippen molar-refractivity contribution in [2.45, 2.75) is 12.5 Å². The van der Waals surface area contributed by atoms with Crippen molar-refractivity contribution in [2.75, 3.05) is 19.7 Å². The van der Waals surface area contributed by atoms with Gasteiger partial charge >= 0.3 is 0 Å². The predicted molar refractivity (Wildman–Crippen MR) is 55.6 cm³/mol. The van der Waals surface area contributed by atoms with Crippen molar-refractivity contribution in [2.24, 2.45) is 0 Å². The number of rotatable bonds is 3. The number of morpholine rings is 1. The van der Waals surface area contributed by atoms with Crippen LogP contribution in [0.1, 0.15) is 4.88 Å². The van der Waals surface area contributed by atoms with Crippen LogP contribution in [0, 0.1) is 0 Å². The van der Waals surface area contributed by atoms with E-state index < -0.39 is 0 Å². The summed E-state index contributed by atoms with van der Waals surface area (Å²) in [4.78, 5) is 12.8. The molecule has 2 heterocycles. The van der Waals surface area contributed by atoms with Gasteiger partial charge in [-0.25, -0.2) is 0 Å². The van der Waals surface area contributed by atoms with Crippen molar-refractivity contribution < 1.29 is 9.53 Å². The summed E-state index contributed by atoms with van der Waals surface area (Å²) in [6.07, 6.45) is 0.259. The van der Waals surface area contributed by atoms with Crippen LogP contribution in [-0.2, 0) is 16.0 Å². The fraction of sp³-hybridized carbons (Fsp3) is 0.500. The predicted octanol–water partition coefficient (Wildman–Crippen LogP) is 0.848. The van der Waals surface area contributed by atoms with Crippen molar-refractivity contribution in [1.29, 1.82) is 0 Å². The molecule has 1 saturated heterocycles. The highest BCUT2D eigenvalue weighted by Gasteiger charge is 2.21. The van der Waals surface area contributed by atoms with Crippen LogP contribution in [0.5, 0.6) is 0 Å². The zero-order chi connectivity index (χ0) is 9.80. The number of Topliss-reactive ketones (excluding diaryl/α,β-unsaturated/α-hetero) is 1. The van der Waals surface area contributed by atoms with E-state index in [1.807, 2.05) is 17.5 Å². The van der Waals surface area contributed by atoms with Gasteiger partial charge in [0.05, 0.1) is 6.61 Å². The smallest absolute Gasteiger partial charge is 0.168 e. The minimum Gasteiger partial charge on any atom is -0.368 e. The number of hydrogen-bond donors (Lipinski definition) is 1. The maximum atomic E-state index is 11.7. The molecule has 0 radical (unpaired) electrons. The monoisotopic (exact) mass is 211 g/mol. The first-order chi connectivity index (χ1) is 6.86. The molecule has 3 nitrogen and oxygen atoms in total. The molecule has 76 valence electrons. The Morgan fingerprint density at radius 1 is 1.71 bits per heavy atom. The summed E-state index contributed by atoms with van der Waals surface area (Å²) in [5, 5.41) is 5.14. The Morgan fingerprint density at radius 2 is 2.64 bits per heavy atom. The second-order valence-electron chi connectivity index (χ2n) is 3.29. The molecular formula is C10H13NO2S. The highest BCUT2D eigenvalue weighted by molar-refractivity contribution is 7.10. The van der Waals surface area contributed by atoms with E-state index in [1.165, 1.54) is 0 Å². The molecule has 0 spiro atoms. The molecule has 14 heavy (non-hydrogen) atoms. The summed E-state index contributed by atoms with van der Waals surface area (Å²) in [7, 11) is 0. The summed E-state index contributed by atoms with van der Waals surface area (Å²) in [5.74, 6) is 0.180. The van der Waals surface area contributed by atoms with Crippen LogP contribution in [0.25, 0.3) is 0 Å². The molecule has 1 fully saturated rings. The van der Waals surface area contributed by atoms with Crippen LogP contribution in [-0.4, -0.2) is 31.6 Å². The van der Waals surface area contributed by atoms with Gasteiger partial charge in [-0.15, -0.1) is 11.3 Å². The first-order valence-corrected chi connectivity index (χ1v) is 5.61. The molecule has 1 aliphatic heterocycles. The van der Waals surface area contributed by atoms with Gasteiger partial charge in [-0.2, -0.15) is 0 Å². The van der Waals surface area contributed by atoms with E-state index in [9.17, 15) is 4.79 Å². The number of hydrogen-bond acceptors (Lipinski definition) is 4. The fourth-order valence-corrected chi connectivity index (χ4v) is 2.19. The Bertz CT molecular complexity index is 291. The summed E-state index contributed by atoms with van der Waals surface area (Å²) >= 11 is 1.62. The van der Waals surface area contributed by atoms with Crippen LogP contribution in [0.4, 0.5) is 0 Å². The third-order valence-corrected chi connectivity index (χ3v) is 3.09. The zero-order valence-corrected chi connectivity index (χ0v) is 8.68. The minimum atomic E-state index is -0.245. The van der Waals surface area contributed by atoms with Gasteiger partial charge < -0.3 is 10.1 Å². The SMILES string of the molecule is O=C(Cc1cccs1)C1CNCCO1. The highest BCUT2D eigenvalue weighted by Crippen LogP contribution is 2.11. The maximum Gasteiger partial charge on any atom is 0.168 e. The lowest BCUT2D eigenvalue weighted by atomic mass is 10.1. The molecule has 0 aliphatic carbocycles. The molecule has 4 heteroatoms. The van der Waals surface area contributed by atoms with E-state index in [4.69, 9.17) is 4.74 Å². The topological polar surface area (TPSA) is 38.3 Å². The van der Waals surface area contributed by atoms with Crippen molar-refractivity contribution in [3.05, 3.63) is 22.4 Å². The van der Waals surface area contributed by atoms with Crippen molar-refractivity contribution in [3.8, 4) is 0 Å². The Kier molecular flexibility index (Phi) is 3.29. The van der Waals surface area contributed by atoms with E-state index in [-0.39, 0.29) is 11.9 Å². The van der Waals surface area contributed by atoms with Crippen molar-refractivity contribution >= 4 is 17.1 Å². The zero-order valence-electron chi connectivity index (χ0n) is 7.86. The lowest BCUT2D eigenvalue weighted by molar-refractivity contribution is -0.131. The van der Waals surface area contributed by atoms with Gasteiger partial charge in [0.1, 0.15) is 6.10 Å². The largest absolute Gasteiger partial charge is 0.368 e. The molecule has 1 aliphatic rings. The second-order valence-corrected chi connectivity index (χ2v) is 4.32. The summed E-state index contributed by atoms with van der Waals surface area (Å²) in [6.45, 7) is 2.15. The first kappa shape index (κ1) is 9.83. The number of nitrogens with one attached hydrogen (secondary N) is 1. The molecule has 1 N–H and O–H groups in total. The fourth-order valence-electron chi connectivity index (χ4n) is 1.47. The van der Waals surface area contributed by atoms with E-state index in [0.717, 1.165) is 11.4 Å². The molecule has 1 unspecified atom stereocenters. The van der Waals surface area contributed by atoms with Crippen molar-refractivity contribution in [3.63, 3.8) is 0 Å². The number of thiophene rings is 1. The molecule has 0 bridgehead atoms. The lowest BCUT2D eigenvalue weighted by Crippen LogP contribution is -2.43. The third-order valence-electron chi connectivity index (χ3n) is 2.22. The minimum absolute atomic E-state index is 0.180. The Morgan fingerprint density at radius 3 is 3.29 bits per heavy atom. The van der Waals surface area contributed by atoms with E-state index in [0.29, 0.717) is 19.6 Å². The van der Waals surface area contributed by atoms with Gasteiger partial charge in [0.2, 0.25) is 0 Å². The maximum absolute atomic E-state index is 11.7. The number of carbonyl (C=O) groups is 1. The molecule has 1 aromatic rings. The summed E-state index contributed by atoms with van der Waals surface area (Å²) < 4.78 is 5.38. The first-order valence-electron chi connectivity index (χ1n) is 4.73. The third kappa shape index (κ3) is 2.41. The molecular weight excluding hydrogens is 198 g/mol. The van der Waals surface area contributed by atoms with E-state index >= 15 is 0 Å². The molecule has 0 saturated carbocycles. The van der Waals surface area contributed by atoms with Crippen LogP contribution >= 0.6 is 11.3 Å². The van der Waals surface area contributed by atoms with E-state index in [2.05, 4.69) is 5.32 Å². The Balaban J connectivity index is 1.88. The van der Waals surface area contributed by atoms with Crippen LogP contribution < -0.4 is 5.32 Å². The van der Waals surface area contributed by atoms with Gasteiger partial charge in [0.25, 0.3) is 0 Å². The van der Waals surface area contributed by atoms with Gasteiger partial charge in [0.15, 0.2) is 5.78 Å². The highest BCUT2D eigenvalue weighted by atomic mass is 32.1. The average Bonchev–Trinajstić information content (AvgIpc) is 2.72. The van der Waals surface area contributed by atoms with Crippen LogP contribution in [0.15, 0.2) is 17.5 Å². The number of ketones is 1. The van der Waals surface area contributed by atoms with Gasteiger partial charge in [0, 0.05) is 24.4 Å². The standard InChI is InChI=1S/C10H13NO2S/c12-9(6-8-2-1-5-14-8)10-7-11-3-4-13-10/h1-2,5,10-11H,3-4,6-7H2. The molecule has 0 amide bonds. The van der Waals surface area contributed by atoms with Crippen LogP contribution in [0.2, 0.25) is 0 Å². The van der Waals surface area contributed by atoms with Crippen molar-refractivity contribution in [1.82, 2.24) is 5.32 Å². The van der Waals surface area contributed by atoms with Gasteiger partial charge in [-0.1, -0.05) is 6.07 Å². The molecule has 1 atom stereocenters. The lowest BCUT2D eigenvalue weighted by Gasteiger charge is -2.22. The number of carbonyl (C=O) groups excluding carboxylic acids is 1. The Labute approximate surface area is 87.1 Å². The summed E-state index contributed by atoms with van der Waals surface area (Å²) in [6, 6.07) is 3.95. The quantitative estimate of drug-likeness (QED) is 0.805. The average molecular weight is 211 g/mol. The summed E-state index contributed by atoms with van der Waals surface area (Å²) in [5.41, 5.74) is 0. The van der Waals surface area contributed by atoms with Gasteiger partial charge in [-0.05, 0) is 11.4 Å². The molecule has 2 rings (SSSR count). The second kappa shape index (κ2) is 4.68.